The van der Waals surface area contributed by atoms with Crippen LogP contribution in [-0.4, -0.2) is 29.8 Å². The first-order valence-electron chi connectivity index (χ1n) is 7.88. The molecule has 1 aromatic carbocycles. The van der Waals surface area contributed by atoms with Gasteiger partial charge in [-0.15, -0.1) is 0 Å². The zero-order chi connectivity index (χ0) is 13.9. The first-order chi connectivity index (χ1) is 9.79. The number of rotatable bonds is 5. The highest BCUT2D eigenvalue weighted by Crippen LogP contribution is 2.42. The van der Waals surface area contributed by atoms with Crippen molar-refractivity contribution >= 4 is 11.8 Å². The monoisotopic (exact) mass is 291 g/mol. The molecule has 20 heavy (non-hydrogen) atoms. The molecule has 1 fully saturated rings. The molecular formula is C17H25NOS. The molecule has 0 radical (unpaired) electrons. The van der Waals surface area contributed by atoms with E-state index in [1.807, 2.05) is 0 Å². The molecule has 1 aliphatic carbocycles. The van der Waals surface area contributed by atoms with E-state index in [0.29, 0.717) is 22.6 Å². The fourth-order valence-electron chi connectivity index (χ4n) is 3.34. The molecule has 1 N–H and O–H groups in total. The van der Waals surface area contributed by atoms with E-state index in [9.17, 15) is 0 Å². The fourth-order valence-corrected chi connectivity index (χ4v) is 5.00. The first-order valence-corrected chi connectivity index (χ1v) is 8.82. The molecule has 0 amide bonds. The Bertz CT molecular complexity index is 450. The Morgan fingerprint density at radius 1 is 1.30 bits per heavy atom. The summed E-state index contributed by atoms with van der Waals surface area (Å²) in [6, 6.07) is 9.46. The summed E-state index contributed by atoms with van der Waals surface area (Å²) in [5.41, 5.74) is 3.05. The minimum absolute atomic E-state index is 0.413. The summed E-state index contributed by atoms with van der Waals surface area (Å²) in [5.74, 6) is 0. The summed E-state index contributed by atoms with van der Waals surface area (Å²) in [6.07, 6.45) is 4.01. The molecule has 110 valence electrons. The van der Waals surface area contributed by atoms with Crippen molar-refractivity contribution in [3.05, 3.63) is 35.4 Å². The van der Waals surface area contributed by atoms with E-state index < -0.39 is 0 Å². The summed E-state index contributed by atoms with van der Waals surface area (Å²) in [4.78, 5) is 0. The number of ether oxygens (including phenoxy) is 1. The van der Waals surface area contributed by atoms with Crippen molar-refractivity contribution < 1.29 is 4.74 Å². The van der Waals surface area contributed by atoms with Gasteiger partial charge in [-0.3, -0.25) is 0 Å². The Kier molecular flexibility index (Phi) is 4.69. The van der Waals surface area contributed by atoms with Crippen molar-refractivity contribution in [1.82, 2.24) is 5.32 Å². The minimum Gasteiger partial charge on any atom is -0.377 e. The SMILES string of the molecule is CCCNC1c2ccccc2CC1SC1CCOC1C. The van der Waals surface area contributed by atoms with E-state index in [4.69, 9.17) is 4.74 Å². The molecule has 0 bridgehead atoms. The lowest BCUT2D eigenvalue weighted by atomic mass is 10.1. The van der Waals surface area contributed by atoms with Gasteiger partial charge in [0.15, 0.2) is 0 Å². The predicted octanol–water partition coefficient (Wildman–Crippen LogP) is 3.56. The van der Waals surface area contributed by atoms with Crippen LogP contribution in [0, 0.1) is 0 Å². The Morgan fingerprint density at radius 3 is 2.90 bits per heavy atom. The summed E-state index contributed by atoms with van der Waals surface area (Å²) >= 11 is 2.15. The average molecular weight is 291 g/mol. The largest absolute Gasteiger partial charge is 0.377 e. The molecule has 3 rings (SSSR count). The highest BCUT2D eigenvalue weighted by molar-refractivity contribution is 8.00. The number of hydrogen-bond acceptors (Lipinski definition) is 3. The molecule has 1 heterocycles. The lowest BCUT2D eigenvalue weighted by Gasteiger charge is -2.25. The van der Waals surface area contributed by atoms with E-state index in [0.717, 1.165) is 13.2 Å². The summed E-state index contributed by atoms with van der Waals surface area (Å²) < 4.78 is 5.73. The van der Waals surface area contributed by atoms with Crippen LogP contribution in [0.4, 0.5) is 0 Å². The number of thioether (sulfide) groups is 1. The van der Waals surface area contributed by atoms with Crippen molar-refractivity contribution in [2.24, 2.45) is 0 Å². The summed E-state index contributed by atoms with van der Waals surface area (Å²) in [5, 5.41) is 5.09. The van der Waals surface area contributed by atoms with Gasteiger partial charge < -0.3 is 10.1 Å². The second kappa shape index (κ2) is 6.50. The van der Waals surface area contributed by atoms with Crippen LogP contribution in [-0.2, 0) is 11.2 Å². The smallest absolute Gasteiger partial charge is 0.0666 e. The molecule has 3 heteroatoms. The lowest BCUT2D eigenvalue weighted by Crippen LogP contribution is -2.30. The van der Waals surface area contributed by atoms with Gasteiger partial charge in [-0.05, 0) is 43.9 Å². The van der Waals surface area contributed by atoms with E-state index in [1.165, 1.54) is 30.4 Å². The Balaban J connectivity index is 1.73. The van der Waals surface area contributed by atoms with Crippen molar-refractivity contribution in [2.45, 2.75) is 55.8 Å². The van der Waals surface area contributed by atoms with Crippen LogP contribution in [0.15, 0.2) is 24.3 Å². The molecule has 1 aromatic rings. The van der Waals surface area contributed by atoms with Crippen molar-refractivity contribution in [2.75, 3.05) is 13.2 Å². The van der Waals surface area contributed by atoms with Crippen molar-refractivity contribution in [1.29, 1.82) is 0 Å². The maximum atomic E-state index is 5.73. The second-order valence-corrected chi connectivity index (χ2v) is 7.40. The normalized spacial score (nSPS) is 32.5. The zero-order valence-electron chi connectivity index (χ0n) is 12.5. The molecule has 0 aromatic heterocycles. The van der Waals surface area contributed by atoms with Gasteiger partial charge in [0, 0.05) is 23.1 Å². The second-order valence-electron chi connectivity index (χ2n) is 5.91. The molecule has 0 saturated carbocycles. The average Bonchev–Trinajstić information content (AvgIpc) is 3.01. The van der Waals surface area contributed by atoms with Crippen LogP contribution < -0.4 is 5.32 Å². The fraction of sp³-hybridized carbons (Fsp3) is 0.647. The Hall–Kier alpha value is -0.510. The molecule has 1 saturated heterocycles. The summed E-state index contributed by atoms with van der Waals surface area (Å²) in [6.45, 7) is 6.50. The van der Waals surface area contributed by atoms with E-state index >= 15 is 0 Å². The molecule has 4 atom stereocenters. The van der Waals surface area contributed by atoms with Crippen molar-refractivity contribution in [3.8, 4) is 0 Å². The number of fused-ring (bicyclic) bond motifs is 1. The maximum absolute atomic E-state index is 5.73. The van der Waals surface area contributed by atoms with Gasteiger partial charge in [-0.1, -0.05) is 31.2 Å². The quantitative estimate of drug-likeness (QED) is 0.896. The highest BCUT2D eigenvalue weighted by Gasteiger charge is 2.36. The van der Waals surface area contributed by atoms with Gasteiger partial charge in [-0.2, -0.15) is 11.8 Å². The molecule has 2 nitrogen and oxygen atoms in total. The lowest BCUT2D eigenvalue weighted by molar-refractivity contribution is 0.127. The third kappa shape index (κ3) is 2.90. The van der Waals surface area contributed by atoms with Gasteiger partial charge >= 0.3 is 0 Å². The van der Waals surface area contributed by atoms with Gasteiger partial charge in [0.25, 0.3) is 0 Å². The van der Waals surface area contributed by atoms with Crippen LogP contribution in [0.3, 0.4) is 0 Å². The van der Waals surface area contributed by atoms with Gasteiger partial charge in [0.2, 0.25) is 0 Å². The Labute approximate surface area is 126 Å². The molecule has 0 spiro atoms. The van der Waals surface area contributed by atoms with Gasteiger partial charge in [0.1, 0.15) is 0 Å². The standard InChI is InChI=1S/C17H25NOS/c1-3-9-18-17-14-7-5-4-6-13(14)11-16(17)20-15-8-10-19-12(15)2/h4-7,12,15-18H,3,8-11H2,1-2H3. The molecule has 2 aliphatic rings. The minimum atomic E-state index is 0.413. The van der Waals surface area contributed by atoms with Gasteiger partial charge in [-0.25, -0.2) is 0 Å². The van der Waals surface area contributed by atoms with Gasteiger partial charge in [0.05, 0.1) is 6.10 Å². The van der Waals surface area contributed by atoms with Crippen molar-refractivity contribution in [3.63, 3.8) is 0 Å². The topological polar surface area (TPSA) is 21.3 Å². The predicted molar refractivity (Wildman–Crippen MR) is 86.4 cm³/mol. The number of hydrogen-bond donors (Lipinski definition) is 1. The highest BCUT2D eigenvalue weighted by atomic mass is 32.2. The third-order valence-corrected chi connectivity index (χ3v) is 6.21. The van der Waals surface area contributed by atoms with E-state index in [1.54, 1.807) is 0 Å². The van der Waals surface area contributed by atoms with Crippen LogP contribution in [0.5, 0.6) is 0 Å². The zero-order valence-corrected chi connectivity index (χ0v) is 13.3. The summed E-state index contributed by atoms with van der Waals surface area (Å²) in [7, 11) is 0. The molecule has 1 aliphatic heterocycles. The maximum Gasteiger partial charge on any atom is 0.0666 e. The van der Waals surface area contributed by atoms with E-state index in [2.05, 4.69) is 55.2 Å². The van der Waals surface area contributed by atoms with Crippen LogP contribution >= 0.6 is 11.8 Å². The molecular weight excluding hydrogens is 266 g/mol. The molecule has 4 unspecified atom stereocenters. The number of nitrogens with one attached hydrogen (secondary N) is 1. The van der Waals surface area contributed by atoms with Crippen LogP contribution in [0.25, 0.3) is 0 Å². The van der Waals surface area contributed by atoms with E-state index in [-0.39, 0.29) is 0 Å². The van der Waals surface area contributed by atoms with Crippen LogP contribution in [0.2, 0.25) is 0 Å². The Morgan fingerprint density at radius 2 is 2.15 bits per heavy atom. The third-order valence-electron chi connectivity index (χ3n) is 4.45. The first kappa shape index (κ1) is 14.4. The number of benzene rings is 1. The van der Waals surface area contributed by atoms with Crippen LogP contribution in [0.1, 0.15) is 43.9 Å².